The molecule has 0 fully saturated rings. The molecule has 5 aromatic rings. The SMILES string of the molecule is N#CC(C(=O)Nc1ccccc1Cl)=c1sc(=Cc2ccc(-c3ccc(Cl)c(Cl)c3)o2)c(=O)n1-c1ccccc1. The number of nitriles is 1. The average molecular weight is 593 g/mol. The third-order valence-electron chi connectivity index (χ3n) is 5.62. The van der Waals surface area contributed by atoms with Gasteiger partial charge in [0.25, 0.3) is 11.5 Å². The predicted molar refractivity (Wildman–Crippen MR) is 156 cm³/mol. The molecule has 2 aromatic heterocycles. The summed E-state index contributed by atoms with van der Waals surface area (Å²) in [7, 11) is 0. The molecule has 6 nitrogen and oxygen atoms in total. The van der Waals surface area contributed by atoms with Gasteiger partial charge >= 0.3 is 0 Å². The Labute approximate surface area is 241 Å². The fourth-order valence-corrected chi connectivity index (χ4v) is 5.33. The number of carbonyl (C=O) groups is 1. The highest BCUT2D eigenvalue weighted by Crippen LogP contribution is 2.29. The second-order valence-electron chi connectivity index (χ2n) is 8.14. The molecule has 1 amide bonds. The molecule has 0 unspecified atom stereocenters. The maximum Gasteiger partial charge on any atom is 0.273 e. The van der Waals surface area contributed by atoms with E-state index < -0.39 is 11.5 Å². The summed E-state index contributed by atoms with van der Waals surface area (Å²) in [5, 5.41) is 13.8. The molecule has 0 radical (unpaired) electrons. The van der Waals surface area contributed by atoms with Crippen LogP contribution in [0.5, 0.6) is 0 Å². The summed E-state index contributed by atoms with van der Waals surface area (Å²) in [6, 6.07) is 26.0. The van der Waals surface area contributed by atoms with Gasteiger partial charge in [-0.05, 0) is 54.6 Å². The number of hydrogen-bond acceptors (Lipinski definition) is 5. The molecule has 5 rings (SSSR count). The van der Waals surface area contributed by atoms with Crippen molar-refractivity contribution in [3.05, 3.63) is 125 Å². The van der Waals surface area contributed by atoms with Crippen molar-refractivity contribution in [3.8, 4) is 23.1 Å². The Morgan fingerprint density at radius 3 is 2.38 bits per heavy atom. The summed E-state index contributed by atoms with van der Waals surface area (Å²) in [6.45, 7) is 0. The van der Waals surface area contributed by atoms with Gasteiger partial charge in [-0.1, -0.05) is 65.1 Å². The number of para-hydroxylation sites is 2. The first-order chi connectivity index (χ1) is 18.9. The van der Waals surface area contributed by atoms with Crippen molar-refractivity contribution in [2.45, 2.75) is 0 Å². The summed E-state index contributed by atoms with van der Waals surface area (Å²) in [4.78, 5) is 26.8. The summed E-state index contributed by atoms with van der Waals surface area (Å²) < 4.78 is 7.71. The zero-order chi connectivity index (χ0) is 27.5. The normalized spacial score (nSPS) is 12.2. The molecule has 39 heavy (non-hydrogen) atoms. The van der Waals surface area contributed by atoms with Crippen molar-refractivity contribution < 1.29 is 9.21 Å². The van der Waals surface area contributed by atoms with Gasteiger partial charge in [-0.3, -0.25) is 14.2 Å². The number of rotatable bonds is 5. The number of hydrogen-bond donors (Lipinski definition) is 1. The van der Waals surface area contributed by atoms with Crippen molar-refractivity contribution in [1.82, 2.24) is 4.57 Å². The van der Waals surface area contributed by atoms with E-state index in [0.717, 1.165) is 11.3 Å². The second kappa shape index (κ2) is 11.4. The van der Waals surface area contributed by atoms with Gasteiger partial charge in [0.1, 0.15) is 22.3 Å². The third-order valence-corrected chi connectivity index (χ3v) is 7.78. The van der Waals surface area contributed by atoms with Gasteiger partial charge in [0.15, 0.2) is 5.57 Å². The molecular formula is C29H16Cl3N3O3S. The largest absolute Gasteiger partial charge is 0.457 e. The lowest BCUT2D eigenvalue weighted by atomic mass is 10.2. The summed E-state index contributed by atoms with van der Waals surface area (Å²) in [5.41, 5.74) is 0.916. The highest BCUT2D eigenvalue weighted by Gasteiger charge is 2.18. The highest BCUT2D eigenvalue weighted by molar-refractivity contribution is 7.07. The Bertz CT molecular complexity index is 1940. The minimum atomic E-state index is -0.692. The third kappa shape index (κ3) is 5.56. The Kier molecular flexibility index (Phi) is 7.73. The number of amides is 1. The minimum Gasteiger partial charge on any atom is -0.457 e. The fraction of sp³-hybridized carbons (Fsp3) is 0. The molecule has 0 aliphatic heterocycles. The van der Waals surface area contributed by atoms with Crippen LogP contribution in [0.4, 0.5) is 5.69 Å². The van der Waals surface area contributed by atoms with Gasteiger partial charge < -0.3 is 9.73 Å². The zero-order valence-electron chi connectivity index (χ0n) is 19.8. The molecule has 10 heteroatoms. The van der Waals surface area contributed by atoms with Crippen molar-refractivity contribution in [2.75, 3.05) is 5.32 Å². The van der Waals surface area contributed by atoms with Crippen LogP contribution in [-0.2, 0) is 4.79 Å². The maximum atomic E-state index is 13.6. The quantitative estimate of drug-likeness (QED) is 0.261. The van der Waals surface area contributed by atoms with E-state index in [4.69, 9.17) is 39.2 Å². The van der Waals surface area contributed by atoms with Gasteiger partial charge in [0.05, 0.1) is 31.0 Å². The number of aromatic nitrogens is 1. The monoisotopic (exact) mass is 591 g/mol. The molecule has 1 N–H and O–H groups in total. The Morgan fingerprint density at radius 2 is 1.67 bits per heavy atom. The first-order valence-corrected chi connectivity index (χ1v) is 13.4. The van der Waals surface area contributed by atoms with E-state index in [1.807, 2.05) is 6.07 Å². The van der Waals surface area contributed by atoms with Crippen molar-refractivity contribution >= 4 is 69.4 Å². The van der Waals surface area contributed by atoms with Gasteiger partial charge in [-0.25, -0.2) is 0 Å². The molecule has 192 valence electrons. The number of anilines is 1. The minimum absolute atomic E-state index is 0.167. The van der Waals surface area contributed by atoms with Crippen LogP contribution in [0, 0.1) is 11.3 Å². The number of benzene rings is 3. The van der Waals surface area contributed by atoms with E-state index >= 15 is 0 Å². The first-order valence-electron chi connectivity index (χ1n) is 11.4. The summed E-state index contributed by atoms with van der Waals surface area (Å²) in [6.07, 6.45) is 1.57. The predicted octanol–water partition coefficient (Wildman–Crippen LogP) is 6.26. The smallest absolute Gasteiger partial charge is 0.273 e. The van der Waals surface area contributed by atoms with E-state index in [-0.39, 0.29) is 14.8 Å². The zero-order valence-corrected chi connectivity index (χ0v) is 22.9. The van der Waals surface area contributed by atoms with Crippen LogP contribution in [0.25, 0.3) is 28.7 Å². The van der Waals surface area contributed by atoms with E-state index in [2.05, 4.69) is 5.32 Å². The van der Waals surface area contributed by atoms with Crippen LogP contribution in [0.3, 0.4) is 0 Å². The molecule has 0 aliphatic carbocycles. The van der Waals surface area contributed by atoms with Crippen LogP contribution >= 0.6 is 46.1 Å². The molecule has 0 atom stereocenters. The van der Waals surface area contributed by atoms with E-state index in [9.17, 15) is 14.9 Å². The van der Waals surface area contributed by atoms with Gasteiger partial charge in [0, 0.05) is 11.6 Å². The Morgan fingerprint density at radius 1 is 0.923 bits per heavy atom. The van der Waals surface area contributed by atoms with Crippen LogP contribution < -0.4 is 20.1 Å². The lowest BCUT2D eigenvalue weighted by molar-refractivity contribution is -0.111. The van der Waals surface area contributed by atoms with Crippen LogP contribution in [-0.4, -0.2) is 10.5 Å². The molecular weight excluding hydrogens is 577 g/mol. The topological polar surface area (TPSA) is 88.0 Å². The Balaban J connectivity index is 1.66. The fourth-order valence-electron chi connectivity index (χ4n) is 3.77. The van der Waals surface area contributed by atoms with Gasteiger partial charge in [-0.2, -0.15) is 5.26 Å². The average Bonchev–Trinajstić information content (AvgIpc) is 3.53. The van der Waals surface area contributed by atoms with Crippen LogP contribution in [0.2, 0.25) is 15.1 Å². The van der Waals surface area contributed by atoms with E-state index in [1.165, 1.54) is 4.57 Å². The van der Waals surface area contributed by atoms with Crippen molar-refractivity contribution in [1.29, 1.82) is 5.26 Å². The lowest BCUT2D eigenvalue weighted by Gasteiger charge is -2.07. The number of halogens is 3. The molecule has 0 spiro atoms. The van der Waals surface area contributed by atoms with E-state index in [1.54, 1.807) is 91.0 Å². The van der Waals surface area contributed by atoms with Gasteiger partial charge in [0.2, 0.25) is 0 Å². The number of nitrogens with one attached hydrogen (secondary N) is 1. The molecule has 0 bridgehead atoms. The van der Waals surface area contributed by atoms with Gasteiger partial charge in [-0.15, -0.1) is 11.3 Å². The second-order valence-corrected chi connectivity index (χ2v) is 10.4. The molecule has 0 saturated heterocycles. The number of furan rings is 1. The molecule has 3 aromatic carbocycles. The van der Waals surface area contributed by atoms with Crippen molar-refractivity contribution in [3.63, 3.8) is 0 Å². The summed E-state index contributed by atoms with van der Waals surface area (Å²) >= 11 is 19.3. The Hall–Kier alpha value is -4.06. The highest BCUT2D eigenvalue weighted by atomic mass is 35.5. The number of thiazole rings is 1. The maximum absolute atomic E-state index is 13.6. The summed E-state index contributed by atoms with van der Waals surface area (Å²) in [5.74, 6) is 0.242. The van der Waals surface area contributed by atoms with E-state index in [0.29, 0.717) is 43.5 Å². The first kappa shape index (κ1) is 26.5. The molecule has 0 aliphatic rings. The molecule has 2 heterocycles. The number of nitrogens with zero attached hydrogens (tertiary/aromatic N) is 2. The van der Waals surface area contributed by atoms with Crippen molar-refractivity contribution in [2.24, 2.45) is 0 Å². The molecule has 0 saturated carbocycles. The van der Waals surface area contributed by atoms with Crippen LogP contribution in [0.1, 0.15) is 5.76 Å². The van der Waals surface area contributed by atoms with Crippen LogP contribution in [0.15, 0.2) is 94.1 Å². The lowest BCUT2D eigenvalue weighted by Crippen LogP contribution is -2.32. The number of carbonyl (C=O) groups excluding carboxylic acids is 1. The standard InChI is InChI=1S/C29H16Cl3N3O3S/c30-21-12-10-17(14-23(21)32)25-13-11-19(38-25)15-26-28(37)35(18-6-2-1-3-7-18)29(39-26)20(16-33)27(36)34-24-9-5-4-8-22(24)31/h1-15H,(H,34,36).